The van der Waals surface area contributed by atoms with Gasteiger partial charge in [-0.25, -0.2) is 0 Å². The summed E-state index contributed by atoms with van der Waals surface area (Å²) in [5, 5.41) is 9.10. The largest absolute Gasteiger partial charge is 0.379 e. The number of nitrogens with zero attached hydrogens (tertiary/aromatic N) is 1. The maximum Gasteiger partial charge on any atom is 0.0893 e. The van der Waals surface area contributed by atoms with Crippen LogP contribution in [0.1, 0.15) is 6.92 Å². The van der Waals surface area contributed by atoms with Gasteiger partial charge >= 0.3 is 0 Å². The molecule has 1 aliphatic rings. The minimum atomic E-state index is 0.124. The van der Waals surface area contributed by atoms with Gasteiger partial charge in [-0.2, -0.15) is 5.26 Å². The van der Waals surface area contributed by atoms with Crippen LogP contribution in [0, 0.1) is 11.3 Å². The summed E-state index contributed by atoms with van der Waals surface area (Å²) in [6.07, 6.45) is 0. The number of thioether (sulfide) groups is 1. The Balaban J connectivity index is 2.10. The summed E-state index contributed by atoms with van der Waals surface area (Å²) >= 11 is 1.70. The van der Waals surface area contributed by atoms with E-state index in [2.05, 4.69) is 6.07 Å². The molecule has 0 saturated carbocycles. The zero-order valence-electron chi connectivity index (χ0n) is 5.33. The molecule has 1 atom stereocenters. The molecule has 1 heterocycles. The van der Waals surface area contributed by atoms with Crippen LogP contribution in [0.2, 0.25) is 0 Å². The van der Waals surface area contributed by atoms with Gasteiger partial charge in [0.15, 0.2) is 0 Å². The lowest BCUT2D eigenvalue weighted by molar-refractivity contribution is 0.0454. The van der Waals surface area contributed by atoms with E-state index >= 15 is 0 Å². The molecule has 1 aliphatic heterocycles. The number of ether oxygens (including phenoxy) is 1. The fraction of sp³-hybridized carbons (Fsp3) is 0.833. The first-order valence-electron chi connectivity index (χ1n) is 2.95. The predicted molar refractivity (Wildman–Crippen MR) is 37.3 cm³/mol. The highest BCUT2D eigenvalue weighted by Gasteiger charge is 2.20. The summed E-state index contributed by atoms with van der Waals surface area (Å²) in [6.45, 7) is 3.58. The first kappa shape index (κ1) is 6.91. The van der Waals surface area contributed by atoms with Crippen molar-refractivity contribution >= 4 is 11.8 Å². The van der Waals surface area contributed by atoms with Crippen molar-refractivity contribution in [2.75, 3.05) is 13.2 Å². The van der Waals surface area contributed by atoms with E-state index in [0.29, 0.717) is 5.25 Å². The molecule has 0 radical (unpaired) electrons. The van der Waals surface area contributed by atoms with Crippen molar-refractivity contribution < 1.29 is 4.74 Å². The Kier molecular flexibility index (Phi) is 2.38. The second-order valence-electron chi connectivity index (χ2n) is 2.07. The van der Waals surface area contributed by atoms with E-state index in [1.807, 2.05) is 6.92 Å². The van der Waals surface area contributed by atoms with Crippen molar-refractivity contribution in [3.8, 4) is 6.07 Å². The molecule has 3 heteroatoms. The zero-order chi connectivity index (χ0) is 6.69. The van der Waals surface area contributed by atoms with Gasteiger partial charge in [-0.05, 0) is 6.92 Å². The highest BCUT2D eigenvalue weighted by Crippen LogP contribution is 2.22. The Morgan fingerprint density at radius 3 is 2.78 bits per heavy atom. The molecule has 2 nitrogen and oxygen atoms in total. The van der Waals surface area contributed by atoms with Crippen molar-refractivity contribution in [3.63, 3.8) is 0 Å². The molecule has 1 saturated heterocycles. The lowest BCUT2D eigenvalue weighted by Gasteiger charge is -2.25. The first-order chi connectivity index (χ1) is 4.33. The smallest absolute Gasteiger partial charge is 0.0893 e. The third-order valence-corrected chi connectivity index (χ3v) is 2.36. The molecule has 0 aromatic carbocycles. The van der Waals surface area contributed by atoms with E-state index in [4.69, 9.17) is 10.00 Å². The maximum atomic E-state index is 8.39. The lowest BCUT2D eigenvalue weighted by atomic mass is 10.4. The quantitative estimate of drug-likeness (QED) is 0.579. The maximum absolute atomic E-state index is 8.39. The number of hydrogen-bond acceptors (Lipinski definition) is 3. The van der Waals surface area contributed by atoms with Crippen molar-refractivity contribution in [1.82, 2.24) is 0 Å². The van der Waals surface area contributed by atoms with Gasteiger partial charge in [0.2, 0.25) is 0 Å². The molecular formula is C6H9NOS. The van der Waals surface area contributed by atoms with Gasteiger partial charge in [-0.3, -0.25) is 0 Å². The molecule has 1 fully saturated rings. The van der Waals surface area contributed by atoms with Crippen molar-refractivity contribution in [3.05, 3.63) is 0 Å². The summed E-state index contributed by atoms with van der Waals surface area (Å²) in [6, 6.07) is 2.17. The third-order valence-electron chi connectivity index (χ3n) is 1.19. The second kappa shape index (κ2) is 3.09. The molecule has 1 unspecified atom stereocenters. The van der Waals surface area contributed by atoms with E-state index in [9.17, 15) is 0 Å². The summed E-state index contributed by atoms with van der Waals surface area (Å²) in [7, 11) is 0. The monoisotopic (exact) mass is 143 g/mol. The first-order valence-corrected chi connectivity index (χ1v) is 3.90. The van der Waals surface area contributed by atoms with E-state index in [-0.39, 0.29) is 5.25 Å². The standard InChI is InChI=1S/C6H9NOS/c1-5(2-7)9-6-3-8-4-6/h5-6H,3-4H2,1H3. The Morgan fingerprint density at radius 2 is 2.44 bits per heavy atom. The van der Waals surface area contributed by atoms with E-state index < -0.39 is 0 Å². The van der Waals surface area contributed by atoms with Gasteiger partial charge in [-0.1, -0.05) is 0 Å². The molecule has 0 aromatic heterocycles. The predicted octanol–water partition coefficient (Wildman–Crippen LogP) is 1.03. The third kappa shape index (κ3) is 1.88. The molecule has 1 rings (SSSR count). The van der Waals surface area contributed by atoms with Crippen LogP contribution in [0.15, 0.2) is 0 Å². The number of nitriles is 1. The molecule has 0 N–H and O–H groups in total. The molecule has 50 valence electrons. The van der Waals surface area contributed by atoms with Crippen LogP contribution in [0.3, 0.4) is 0 Å². The number of rotatable bonds is 2. The van der Waals surface area contributed by atoms with Crippen molar-refractivity contribution in [2.24, 2.45) is 0 Å². The summed E-state index contributed by atoms with van der Waals surface area (Å²) in [5.41, 5.74) is 0. The van der Waals surface area contributed by atoms with Crippen LogP contribution in [0.4, 0.5) is 0 Å². The molecular weight excluding hydrogens is 134 g/mol. The Hall–Kier alpha value is -0.200. The molecule has 0 aliphatic carbocycles. The SMILES string of the molecule is CC(C#N)SC1COC1. The lowest BCUT2D eigenvalue weighted by Crippen LogP contribution is -2.31. The summed E-state index contributed by atoms with van der Waals surface area (Å²) in [4.78, 5) is 0. The van der Waals surface area contributed by atoms with Crippen LogP contribution >= 0.6 is 11.8 Å². The normalized spacial score (nSPS) is 22.2. The van der Waals surface area contributed by atoms with Gasteiger partial charge in [0, 0.05) is 0 Å². The van der Waals surface area contributed by atoms with Crippen LogP contribution in [-0.4, -0.2) is 23.7 Å². The van der Waals surface area contributed by atoms with Gasteiger partial charge in [-0.15, -0.1) is 11.8 Å². The fourth-order valence-corrected chi connectivity index (χ4v) is 1.60. The molecule has 0 aromatic rings. The average Bonchev–Trinajstić information content (AvgIpc) is 1.78. The highest BCUT2D eigenvalue weighted by atomic mass is 32.2. The van der Waals surface area contributed by atoms with Crippen molar-refractivity contribution in [1.29, 1.82) is 5.26 Å². The van der Waals surface area contributed by atoms with Crippen molar-refractivity contribution in [2.45, 2.75) is 17.4 Å². The van der Waals surface area contributed by atoms with E-state index in [1.54, 1.807) is 11.8 Å². The highest BCUT2D eigenvalue weighted by molar-refractivity contribution is 8.00. The van der Waals surface area contributed by atoms with Crippen LogP contribution in [0.5, 0.6) is 0 Å². The second-order valence-corrected chi connectivity index (χ2v) is 3.71. The zero-order valence-corrected chi connectivity index (χ0v) is 6.15. The topological polar surface area (TPSA) is 33.0 Å². The van der Waals surface area contributed by atoms with Crippen LogP contribution in [0.25, 0.3) is 0 Å². The van der Waals surface area contributed by atoms with Crippen LogP contribution < -0.4 is 0 Å². The average molecular weight is 143 g/mol. The number of hydrogen-bond donors (Lipinski definition) is 0. The molecule has 9 heavy (non-hydrogen) atoms. The van der Waals surface area contributed by atoms with Gasteiger partial charge < -0.3 is 4.74 Å². The summed E-state index contributed by atoms with van der Waals surface area (Å²) in [5.74, 6) is 0. The summed E-state index contributed by atoms with van der Waals surface area (Å²) < 4.78 is 4.95. The van der Waals surface area contributed by atoms with E-state index in [0.717, 1.165) is 13.2 Å². The minimum absolute atomic E-state index is 0.124. The fourth-order valence-electron chi connectivity index (χ4n) is 0.612. The van der Waals surface area contributed by atoms with Gasteiger partial charge in [0.1, 0.15) is 0 Å². The Labute approximate surface area is 59.2 Å². The minimum Gasteiger partial charge on any atom is -0.379 e. The molecule has 0 spiro atoms. The Bertz CT molecular complexity index is 128. The van der Waals surface area contributed by atoms with Crippen LogP contribution in [-0.2, 0) is 4.74 Å². The van der Waals surface area contributed by atoms with E-state index in [1.165, 1.54) is 0 Å². The molecule has 0 amide bonds. The van der Waals surface area contributed by atoms with Gasteiger partial charge in [0.05, 0.1) is 29.8 Å². The molecule has 0 bridgehead atoms. The Morgan fingerprint density at radius 1 is 1.78 bits per heavy atom. The van der Waals surface area contributed by atoms with Gasteiger partial charge in [0.25, 0.3) is 0 Å².